The number of hydrogen-bond acceptors (Lipinski definition) is 6. The van der Waals surface area contributed by atoms with E-state index < -0.39 is 5.91 Å². The average Bonchev–Trinajstić information content (AvgIpc) is 2.99. The molecule has 0 aliphatic carbocycles. The van der Waals surface area contributed by atoms with E-state index in [1.165, 1.54) is 17.8 Å². The third kappa shape index (κ3) is 5.06. The van der Waals surface area contributed by atoms with Crippen LogP contribution in [0.4, 0.5) is 5.69 Å². The van der Waals surface area contributed by atoms with Crippen molar-refractivity contribution >= 4 is 45.4 Å². The number of nitrogens with one attached hydrogen (secondary N) is 1. The van der Waals surface area contributed by atoms with E-state index in [0.29, 0.717) is 26.2 Å². The van der Waals surface area contributed by atoms with E-state index in [1.54, 1.807) is 42.6 Å². The van der Waals surface area contributed by atoms with Crippen LogP contribution in [0.5, 0.6) is 0 Å². The van der Waals surface area contributed by atoms with Gasteiger partial charge in [-0.2, -0.15) is 5.26 Å². The number of nitrogens with zero attached hydrogens (tertiary/aromatic N) is 3. The molecule has 134 valence electrons. The minimum absolute atomic E-state index is 0.0662. The summed E-state index contributed by atoms with van der Waals surface area (Å²) in [6.07, 6.45) is 3.06. The van der Waals surface area contributed by atoms with E-state index in [9.17, 15) is 10.1 Å². The predicted octanol–water partition coefficient (Wildman–Crippen LogP) is 4.84. The monoisotopic (exact) mass is 440 g/mol. The zero-order valence-corrected chi connectivity index (χ0v) is 16.5. The summed E-state index contributed by atoms with van der Waals surface area (Å²) in [5, 5.41) is 13.1. The van der Waals surface area contributed by atoms with Crippen LogP contribution in [0, 0.1) is 18.3 Å². The van der Waals surface area contributed by atoms with Gasteiger partial charge < -0.3 is 9.73 Å². The Kier molecular flexibility index (Phi) is 6.06. The van der Waals surface area contributed by atoms with E-state index in [0.717, 1.165) is 5.69 Å². The van der Waals surface area contributed by atoms with Gasteiger partial charge in [-0.1, -0.05) is 18.2 Å². The summed E-state index contributed by atoms with van der Waals surface area (Å²) in [6, 6.07) is 14.3. The number of amides is 1. The number of aromatic nitrogens is 2. The van der Waals surface area contributed by atoms with Crippen LogP contribution in [-0.2, 0) is 4.79 Å². The highest BCUT2D eigenvalue weighted by atomic mass is 79.9. The number of hydrogen-bond donors (Lipinski definition) is 1. The fraction of sp³-hybridized carbons (Fsp3) is 0.0526. The summed E-state index contributed by atoms with van der Waals surface area (Å²) < 4.78 is 6.40. The molecule has 0 atom stereocenters. The van der Waals surface area contributed by atoms with Crippen LogP contribution < -0.4 is 5.32 Å². The SMILES string of the molecule is Cc1ccnc(Sc2oc(/C=C(\C#N)C(=O)Nc3ccccc3)cc2Br)n1. The lowest BCUT2D eigenvalue weighted by Gasteiger charge is -2.03. The van der Waals surface area contributed by atoms with Crippen molar-refractivity contribution in [3.05, 3.63) is 70.2 Å². The number of carbonyl (C=O) groups excluding carboxylic acids is 1. The lowest BCUT2D eigenvalue weighted by Crippen LogP contribution is -2.13. The Morgan fingerprint density at radius 2 is 2.11 bits per heavy atom. The van der Waals surface area contributed by atoms with Crippen molar-refractivity contribution in [3.8, 4) is 6.07 Å². The zero-order valence-electron chi connectivity index (χ0n) is 14.1. The lowest BCUT2D eigenvalue weighted by atomic mass is 10.2. The number of furan rings is 1. The standard InChI is InChI=1S/C19H13BrN4O2S/c1-12-7-8-22-19(23-12)27-18-16(20)10-15(26-18)9-13(11-21)17(25)24-14-5-3-2-4-6-14/h2-10H,1H3,(H,24,25)/b13-9+. The maximum absolute atomic E-state index is 12.3. The number of nitriles is 1. The molecule has 1 amide bonds. The van der Waals surface area contributed by atoms with Crippen molar-refractivity contribution in [3.63, 3.8) is 0 Å². The summed E-state index contributed by atoms with van der Waals surface area (Å²) in [6.45, 7) is 1.88. The van der Waals surface area contributed by atoms with Crippen molar-refractivity contribution in [2.75, 3.05) is 5.32 Å². The molecule has 0 unspecified atom stereocenters. The van der Waals surface area contributed by atoms with Crippen LogP contribution in [0.25, 0.3) is 6.08 Å². The number of anilines is 1. The lowest BCUT2D eigenvalue weighted by molar-refractivity contribution is -0.112. The number of carbonyl (C=O) groups is 1. The molecular formula is C19H13BrN4O2S. The fourth-order valence-electron chi connectivity index (χ4n) is 2.08. The van der Waals surface area contributed by atoms with Gasteiger partial charge in [-0.25, -0.2) is 9.97 Å². The molecule has 3 rings (SSSR count). The summed E-state index contributed by atoms with van der Waals surface area (Å²) >= 11 is 4.66. The second-order valence-electron chi connectivity index (χ2n) is 5.36. The van der Waals surface area contributed by atoms with Crippen molar-refractivity contribution in [2.24, 2.45) is 0 Å². The number of rotatable bonds is 5. The van der Waals surface area contributed by atoms with Crippen LogP contribution in [-0.4, -0.2) is 15.9 Å². The van der Waals surface area contributed by atoms with Crippen LogP contribution in [0.3, 0.4) is 0 Å². The summed E-state index contributed by atoms with van der Waals surface area (Å²) in [5.41, 5.74) is 1.39. The van der Waals surface area contributed by atoms with Crippen LogP contribution in [0.2, 0.25) is 0 Å². The molecule has 6 nitrogen and oxygen atoms in total. The van der Waals surface area contributed by atoms with Crippen molar-refractivity contribution in [1.29, 1.82) is 5.26 Å². The number of aryl methyl sites for hydroxylation is 1. The Labute approximate surface area is 168 Å². The maximum Gasteiger partial charge on any atom is 0.266 e. The van der Waals surface area contributed by atoms with Crippen LogP contribution >= 0.6 is 27.7 Å². The topological polar surface area (TPSA) is 91.8 Å². The summed E-state index contributed by atoms with van der Waals surface area (Å²) in [5.74, 6) is -0.135. The smallest absolute Gasteiger partial charge is 0.266 e. The average molecular weight is 441 g/mol. The van der Waals surface area contributed by atoms with E-state index in [-0.39, 0.29) is 5.57 Å². The molecule has 2 aromatic heterocycles. The van der Waals surface area contributed by atoms with E-state index in [4.69, 9.17) is 4.42 Å². The second kappa shape index (κ2) is 8.66. The van der Waals surface area contributed by atoms with Gasteiger partial charge in [-0.15, -0.1) is 0 Å². The van der Waals surface area contributed by atoms with E-state index >= 15 is 0 Å². The van der Waals surface area contributed by atoms with Crippen LogP contribution in [0.1, 0.15) is 11.5 Å². The highest BCUT2D eigenvalue weighted by Crippen LogP contribution is 2.35. The van der Waals surface area contributed by atoms with Gasteiger partial charge in [0.2, 0.25) is 0 Å². The first-order valence-electron chi connectivity index (χ1n) is 7.80. The van der Waals surface area contributed by atoms with Crippen molar-refractivity contribution < 1.29 is 9.21 Å². The first-order chi connectivity index (χ1) is 13.0. The third-order valence-electron chi connectivity index (χ3n) is 3.31. The molecule has 3 aromatic rings. The number of para-hydroxylation sites is 1. The largest absolute Gasteiger partial charge is 0.449 e. The molecule has 0 bridgehead atoms. The third-order valence-corrected chi connectivity index (χ3v) is 5.03. The van der Waals surface area contributed by atoms with Crippen molar-refractivity contribution in [2.45, 2.75) is 17.2 Å². The van der Waals surface area contributed by atoms with Gasteiger partial charge in [0.1, 0.15) is 17.4 Å². The number of benzene rings is 1. The minimum Gasteiger partial charge on any atom is -0.449 e. The quantitative estimate of drug-likeness (QED) is 0.346. The van der Waals surface area contributed by atoms with E-state index in [1.807, 2.05) is 19.1 Å². The second-order valence-corrected chi connectivity index (χ2v) is 7.15. The predicted molar refractivity (Wildman–Crippen MR) is 106 cm³/mol. The molecule has 1 aromatic carbocycles. The molecule has 2 heterocycles. The molecule has 0 aliphatic heterocycles. The Hall–Kier alpha value is -2.89. The molecule has 0 radical (unpaired) electrons. The highest BCUT2D eigenvalue weighted by molar-refractivity contribution is 9.10. The molecule has 27 heavy (non-hydrogen) atoms. The molecule has 8 heteroatoms. The highest BCUT2D eigenvalue weighted by Gasteiger charge is 2.15. The molecule has 0 saturated heterocycles. The minimum atomic E-state index is -0.507. The Balaban J connectivity index is 1.79. The Bertz CT molecular complexity index is 1040. The molecule has 0 fully saturated rings. The van der Waals surface area contributed by atoms with E-state index in [2.05, 4.69) is 31.2 Å². The summed E-state index contributed by atoms with van der Waals surface area (Å²) in [7, 11) is 0. The first kappa shape index (κ1) is 18.9. The molecule has 0 aliphatic rings. The fourth-order valence-corrected chi connectivity index (χ4v) is 3.39. The van der Waals surface area contributed by atoms with Gasteiger partial charge in [0, 0.05) is 23.7 Å². The van der Waals surface area contributed by atoms with Crippen LogP contribution in [0.15, 0.2) is 73.4 Å². The van der Waals surface area contributed by atoms with Gasteiger partial charge in [0.05, 0.1) is 4.47 Å². The molecular weight excluding hydrogens is 428 g/mol. The molecule has 1 N–H and O–H groups in total. The van der Waals surface area contributed by atoms with Gasteiger partial charge in [-0.3, -0.25) is 4.79 Å². The van der Waals surface area contributed by atoms with Gasteiger partial charge >= 0.3 is 0 Å². The zero-order chi connectivity index (χ0) is 19.2. The molecule has 0 saturated carbocycles. The van der Waals surface area contributed by atoms with Crippen molar-refractivity contribution in [1.82, 2.24) is 9.97 Å². The van der Waals surface area contributed by atoms with Gasteiger partial charge in [-0.05, 0) is 58.9 Å². The number of halogens is 1. The Morgan fingerprint density at radius 3 is 2.81 bits per heavy atom. The van der Waals surface area contributed by atoms with Gasteiger partial charge in [0.15, 0.2) is 10.2 Å². The Morgan fingerprint density at radius 1 is 1.33 bits per heavy atom. The molecule has 0 spiro atoms. The normalized spacial score (nSPS) is 11.1. The maximum atomic E-state index is 12.3. The van der Waals surface area contributed by atoms with Gasteiger partial charge in [0.25, 0.3) is 5.91 Å². The first-order valence-corrected chi connectivity index (χ1v) is 9.41. The summed E-state index contributed by atoms with van der Waals surface area (Å²) in [4.78, 5) is 20.8.